The molecule has 1 aromatic rings. The van der Waals surface area contributed by atoms with Crippen LogP contribution in [-0.2, 0) is 4.79 Å². The maximum absolute atomic E-state index is 12.0. The number of fused-ring (bicyclic) bond motifs is 1. The second-order valence-corrected chi connectivity index (χ2v) is 4.96. The van der Waals surface area contributed by atoms with Crippen molar-refractivity contribution in [1.29, 1.82) is 0 Å². The lowest BCUT2D eigenvalue weighted by Crippen LogP contribution is -2.34. The van der Waals surface area contributed by atoms with E-state index in [0.717, 1.165) is 11.3 Å². The van der Waals surface area contributed by atoms with Crippen molar-refractivity contribution in [1.82, 2.24) is 0 Å². The van der Waals surface area contributed by atoms with E-state index in [1.165, 1.54) is 0 Å². The molecule has 0 aromatic heterocycles. The average Bonchev–Trinajstić information content (AvgIpc) is 2.43. The lowest BCUT2D eigenvalue weighted by Gasteiger charge is -2.19. The summed E-state index contributed by atoms with van der Waals surface area (Å²) in [6.07, 6.45) is 0. The van der Waals surface area contributed by atoms with E-state index < -0.39 is 6.04 Å². The lowest BCUT2D eigenvalue weighted by atomic mass is 10.1. The number of nitrogens with zero attached hydrogens (tertiary/aromatic N) is 1. The van der Waals surface area contributed by atoms with Crippen molar-refractivity contribution in [3.05, 3.63) is 28.8 Å². The summed E-state index contributed by atoms with van der Waals surface area (Å²) in [5.74, 6) is 0.378. The van der Waals surface area contributed by atoms with Crippen LogP contribution in [0, 0.1) is 5.92 Å². The van der Waals surface area contributed by atoms with Gasteiger partial charge in [-0.25, -0.2) is 0 Å². The van der Waals surface area contributed by atoms with Gasteiger partial charge in [-0.1, -0.05) is 25.4 Å². The quantitative estimate of drug-likeness (QED) is 0.860. The second-order valence-electron chi connectivity index (χ2n) is 4.52. The summed E-state index contributed by atoms with van der Waals surface area (Å²) in [4.78, 5) is 13.7. The third-order valence-corrected chi connectivity index (χ3v) is 2.93. The highest BCUT2D eigenvalue weighted by Crippen LogP contribution is 2.36. The largest absolute Gasteiger partial charge is 0.316 e. The Bertz CT molecular complexity index is 431. The summed E-state index contributed by atoms with van der Waals surface area (Å²) in [5.41, 5.74) is 7.61. The van der Waals surface area contributed by atoms with Crippen molar-refractivity contribution >= 4 is 23.2 Å². The van der Waals surface area contributed by atoms with E-state index in [1.807, 2.05) is 6.07 Å². The molecule has 86 valence electrons. The molecule has 0 bridgehead atoms. The highest BCUT2D eigenvalue weighted by Gasteiger charge is 2.34. The van der Waals surface area contributed by atoms with E-state index >= 15 is 0 Å². The maximum Gasteiger partial charge on any atom is 0.248 e. The van der Waals surface area contributed by atoms with Crippen molar-refractivity contribution in [2.75, 3.05) is 11.4 Å². The fourth-order valence-electron chi connectivity index (χ4n) is 1.99. The summed E-state index contributed by atoms with van der Waals surface area (Å²) in [7, 11) is 0. The fourth-order valence-corrected chi connectivity index (χ4v) is 2.17. The number of hydrogen-bond donors (Lipinski definition) is 1. The van der Waals surface area contributed by atoms with E-state index in [9.17, 15) is 4.79 Å². The average molecular weight is 239 g/mol. The fraction of sp³-hybridized carbons (Fsp3) is 0.417. The van der Waals surface area contributed by atoms with E-state index in [2.05, 4.69) is 13.8 Å². The predicted octanol–water partition coefficient (Wildman–Crippen LogP) is 2.34. The molecule has 1 atom stereocenters. The van der Waals surface area contributed by atoms with E-state index in [4.69, 9.17) is 17.3 Å². The third-order valence-electron chi connectivity index (χ3n) is 2.70. The van der Waals surface area contributed by atoms with Gasteiger partial charge in [-0.3, -0.25) is 4.79 Å². The number of carbonyl (C=O) groups excluding carboxylic acids is 1. The van der Waals surface area contributed by atoms with Gasteiger partial charge in [-0.05, 0) is 24.1 Å². The Morgan fingerprint density at radius 3 is 2.81 bits per heavy atom. The van der Waals surface area contributed by atoms with Crippen LogP contribution < -0.4 is 10.6 Å². The van der Waals surface area contributed by atoms with Crippen LogP contribution in [0.5, 0.6) is 0 Å². The molecule has 1 amide bonds. The highest BCUT2D eigenvalue weighted by molar-refractivity contribution is 6.31. The zero-order chi connectivity index (χ0) is 11.9. The topological polar surface area (TPSA) is 46.3 Å². The molecule has 0 saturated heterocycles. The van der Waals surface area contributed by atoms with Gasteiger partial charge in [0.1, 0.15) is 6.04 Å². The van der Waals surface area contributed by atoms with Crippen LogP contribution in [0.2, 0.25) is 5.02 Å². The smallest absolute Gasteiger partial charge is 0.248 e. The molecular formula is C12H15ClN2O. The van der Waals surface area contributed by atoms with Crippen LogP contribution in [0.3, 0.4) is 0 Å². The van der Waals surface area contributed by atoms with Gasteiger partial charge in [-0.2, -0.15) is 0 Å². The number of rotatable bonds is 2. The van der Waals surface area contributed by atoms with Gasteiger partial charge in [0, 0.05) is 22.8 Å². The van der Waals surface area contributed by atoms with Crippen LogP contribution >= 0.6 is 11.6 Å². The summed E-state index contributed by atoms with van der Waals surface area (Å²) >= 11 is 5.90. The van der Waals surface area contributed by atoms with Gasteiger partial charge in [-0.15, -0.1) is 0 Å². The Morgan fingerprint density at radius 2 is 2.19 bits per heavy atom. The van der Waals surface area contributed by atoms with Crippen molar-refractivity contribution < 1.29 is 4.79 Å². The van der Waals surface area contributed by atoms with E-state index in [-0.39, 0.29) is 5.91 Å². The Hall–Kier alpha value is -1.06. The summed E-state index contributed by atoms with van der Waals surface area (Å²) in [5, 5.41) is 0.619. The molecule has 4 heteroatoms. The molecule has 0 radical (unpaired) electrons. The molecule has 0 aliphatic carbocycles. The summed E-state index contributed by atoms with van der Waals surface area (Å²) in [6.45, 7) is 4.85. The van der Waals surface area contributed by atoms with Crippen LogP contribution in [0.25, 0.3) is 0 Å². The van der Waals surface area contributed by atoms with Gasteiger partial charge in [0.05, 0.1) is 0 Å². The van der Waals surface area contributed by atoms with Crippen LogP contribution in [0.4, 0.5) is 5.69 Å². The minimum Gasteiger partial charge on any atom is -0.316 e. The first-order chi connectivity index (χ1) is 7.50. The first-order valence-electron chi connectivity index (χ1n) is 5.37. The zero-order valence-corrected chi connectivity index (χ0v) is 10.2. The maximum atomic E-state index is 12.0. The van der Waals surface area contributed by atoms with Gasteiger partial charge in [0.2, 0.25) is 5.91 Å². The number of carbonyl (C=O) groups is 1. The third kappa shape index (κ3) is 1.81. The van der Waals surface area contributed by atoms with E-state index in [0.29, 0.717) is 17.5 Å². The molecule has 0 fully saturated rings. The molecule has 16 heavy (non-hydrogen) atoms. The SMILES string of the molecule is CC(C)CN1C(=O)C(N)c2cc(Cl)ccc21. The minimum absolute atomic E-state index is 0.0361. The predicted molar refractivity (Wildman–Crippen MR) is 65.6 cm³/mol. The number of benzene rings is 1. The monoisotopic (exact) mass is 238 g/mol. The number of amides is 1. The Morgan fingerprint density at radius 1 is 1.50 bits per heavy atom. The van der Waals surface area contributed by atoms with Crippen molar-refractivity contribution in [2.24, 2.45) is 11.7 Å². The molecule has 1 aliphatic rings. The molecule has 1 aromatic carbocycles. The Labute approximate surface area is 100 Å². The van der Waals surface area contributed by atoms with Gasteiger partial charge < -0.3 is 10.6 Å². The molecule has 3 nitrogen and oxygen atoms in total. The van der Waals surface area contributed by atoms with Crippen LogP contribution in [0.15, 0.2) is 18.2 Å². The summed E-state index contributed by atoms with van der Waals surface area (Å²) in [6, 6.07) is 4.87. The molecule has 2 N–H and O–H groups in total. The lowest BCUT2D eigenvalue weighted by molar-refractivity contribution is -0.119. The van der Waals surface area contributed by atoms with Crippen LogP contribution in [0.1, 0.15) is 25.5 Å². The zero-order valence-electron chi connectivity index (χ0n) is 9.40. The first-order valence-corrected chi connectivity index (χ1v) is 5.75. The molecule has 2 rings (SSSR count). The molecule has 1 aliphatic heterocycles. The molecule has 1 heterocycles. The van der Waals surface area contributed by atoms with E-state index in [1.54, 1.807) is 17.0 Å². The minimum atomic E-state index is -0.563. The van der Waals surface area contributed by atoms with Crippen molar-refractivity contribution in [2.45, 2.75) is 19.9 Å². The van der Waals surface area contributed by atoms with Gasteiger partial charge in [0.15, 0.2) is 0 Å². The van der Waals surface area contributed by atoms with Crippen molar-refractivity contribution in [3.8, 4) is 0 Å². The number of halogens is 1. The first kappa shape index (κ1) is 11.4. The number of anilines is 1. The Kier molecular flexibility index (Phi) is 2.91. The molecular weight excluding hydrogens is 224 g/mol. The molecule has 0 saturated carbocycles. The second kappa shape index (κ2) is 4.07. The number of nitrogens with two attached hydrogens (primary N) is 1. The summed E-state index contributed by atoms with van der Waals surface area (Å²) < 4.78 is 0. The van der Waals surface area contributed by atoms with Crippen molar-refractivity contribution in [3.63, 3.8) is 0 Å². The molecule has 0 spiro atoms. The standard InChI is InChI=1S/C12H15ClN2O/c1-7(2)6-15-10-4-3-8(13)5-9(10)11(14)12(15)16/h3-5,7,11H,6,14H2,1-2H3. The Balaban J connectivity index is 2.42. The normalized spacial score (nSPS) is 19.4. The van der Waals surface area contributed by atoms with Gasteiger partial charge >= 0.3 is 0 Å². The highest BCUT2D eigenvalue weighted by atomic mass is 35.5. The molecule has 1 unspecified atom stereocenters. The van der Waals surface area contributed by atoms with Gasteiger partial charge in [0.25, 0.3) is 0 Å². The van der Waals surface area contributed by atoms with Crippen LogP contribution in [-0.4, -0.2) is 12.5 Å². The number of hydrogen-bond acceptors (Lipinski definition) is 2.